The molecule has 0 bridgehead atoms. The van der Waals surface area contributed by atoms with E-state index >= 15 is 0 Å². The SMILES string of the molecule is O=C(NCC1(O)CCOCC1)NC(C1CC1)C1CC1. The van der Waals surface area contributed by atoms with E-state index in [1.165, 1.54) is 25.7 Å². The van der Waals surface area contributed by atoms with Crippen LogP contribution in [0.4, 0.5) is 4.79 Å². The van der Waals surface area contributed by atoms with Crippen molar-refractivity contribution in [3.8, 4) is 0 Å². The Morgan fingerprint density at radius 3 is 2.32 bits per heavy atom. The molecule has 108 valence electrons. The maximum Gasteiger partial charge on any atom is 0.315 e. The molecule has 0 unspecified atom stereocenters. The summed E-state index contributed by atoms with van der Waals surface area (Å²) in [5.74, 6) is 1.40. The number of hydrogen-bond acceptors (Lipinski definition) is 3. The van der Waals surface area contributed by atoms with Crippen LogP contribution in [0, 0.1) is 11.8 Å². The van der Waals surface area contributed by atoms with Crippen LogP contribution in [0.15, 0.2) is 0 Å². The fourth-order valence-corrected chi connectivity index (χ4v) is 2.91. The minimum atomic E-state index is -0.787. The highest BCUT2D eigenvalue weighted by Gasteiger charge is 2.42. The van der Waals surface area contributed by atoms with Crippen LogP contribution in [0.25, 0.3) is 0 Å². The Balaban J connectivity index is 1.42. The van der Waals surface area contributed by atoms with E-state index in [0.717, 1.165) is 0 Å². The fraction of sp³-hybridized carbons (Fsp3) is 0.929. The van der Waals surface area contributed by atoms with Crippen LogP contribution >= 0.6 is 0 Å². The van der Waals surface area contributed by atoms with E-state index in [1.807, 2.05) is 0 Å². The number of hydrogen-bond donors (Lipinski definition) is 3. The summed E-state index contributed by atoms with van der Waals surface area (Å²) < 4.78 is 5.23. The average Bonchev–Trinajstić information content (AvgIpc) is 3.28. The van der Waals surface area contributed by atoms with Crippen LogP contribution in [0.2, 0.25) is 0 Å². The van der Waals surface area contributed by atoms with Gasteiger partial charge in [0, 0.05) is 38.6 Å². The monoisotopic (exact) mass is 268 g/mol. The van der Waals surface area contributed by atoms with Crippen molar-refractivity contribution in [1.82, 2.24) is 10.6 Å². The molecule has 5 heteroatoms. The van der Waals surface area contributed by atoms with Gasteiger partial charge in [0.1, 0.15) is 0 Å². The van der Waals surface area contributed by atoms with Gasteiger partial charge in [-0.1, -0.05) is 0 Å². The first-order chi connectivity index (χ1) is 9.16. The molecule has 0 aromatic heterocycles. The van der Waals surface area contributed by atoms with Crippen molar-refractivity contribution in [2.45, 2.75) is 50.2 Å². The average molecular weight is 268 g/mol. The molecule has 1 aliphatic heterocycles. The number of amides is 2. The number of ether oxygens (including phenoxy) is 1. The summed E-state index contributed by atoms with van der Waals surface area (Å²) in [5.41, 5.74) is -0.787. The second-order valence-corrected chi connectivity index (χ2v) is 6.36. The molecule has 0 spiro atoms. The molecule has 0 aromatic rings. The summed E-state index contributed by atoms with van der Waals surface area (Å²) in [6.07, 6.45) is 6.21. The van der Waals surface area contributed by atoms with E-state index in [9.17, 15) is 9.90 Å². The number of carbonyl (C=O) groups excluding carboxylic acids is 1. The summed E-state index contributed by atoms with van der Waals surface area (Å²) >= 11 is 0. The van der Waals surface area contributed by atoms with Crippen molar-refractivity contribution in [2.24, 2.45) is 11.8 Å². The smallest absolute Gasteiger partial charge is 0.315 e. The number of carbonyl (C=O) groups is 1. The molecule has 2 aliphatic carbocycles. The molecule has 19 heavy (non-hydrogen) atoms. The second-order valence-electron chi connectivity index (χ2n) is 6.36. The Morgan fingerprint density at radius 2 is 1.79 bits per heavy atom. The highest BCUT2D eigenvalue weighted by Crippen LogP contribution is 2.44. The molecule has 0 radical (unpaired) electrons. The standard InChI is InChI=1S/C14H24N2O3/c17-13(15-9-14(18)5-7-19-8-6-14)16-12(10-1-2-10)11-3-4-11/h10-12,18H,1-9H2,(H2,15,16,17). The predicted octanol–water partition coefficient (Wildman–Crippen LogP) is 1.02. The van der Waals surface area contributed by atoms with Gasteiger partial charge in [-0.05, 0) is 37.5 Å². The van der Waals surface area contributed by atoms with Crippen molar-refractivity contribution >= 4 is 6.03 Å². The fourth-order valence-electron chi connectivity index (χ4n) is 2.91. The van der Waals surface area contributed by atoms with E-state index in [4.69, 9.17) is 4.74 Å². The Labute approximate surface area is 114 Å². The summed E-state index contributed by atoms with van der Waals surface area (Å²) in [7, 11) is 0. The molecule has 2 amide bonds. The van der Waals surface area contributed by atoms with Crippen LogP contribution in [0.3, 0.4) is 0 Å². The Bertz CT molecular complexity index is 322. The van der Waals surface area contributed by atoms with E-state index in [-0.39, 0.29) is 6.03 Å². The topological polar surface area (TPSA) is 70.6 Å². The minimum Gasteiger partial charge on any atom is -0.388 e. The summed E-state index contributed by atoms with van der Waals surface area (Å²) in [5, 5.41) is 16.2. The molecule has 2 saturated carbocycles. The van der Waals surface area contributed by atoms with E-state index in [1.54, 1.807) is 0 Å². The molecule has 5 nitrogen and oxygen atoms in total. The summed E-state index contributed by atoms with van der Waals surface area (Å²) in [6, 6.07) is 0.244. The Kier molecular flexibility index (Phi) is 3.67. The van der Waals surface area contributed by atoms with Crippen LogP contribution in [0.5, 0.6) is 0 Å². The number of nitrogens with one attached hydrogen (secondary N) is 2. The van der Waals surface area contributed by atoms with E-state index < -0.39 is 5.60 Å². The maximum absolute atomic E-state index is 11.9. The third kappa shape index (κ3) is 3.60. The lowest BCUT2D eigenvalue weighted by Crippen LogP contribution is -2.51. The number of urea groups is 1. The number of aliphatic hydroxyl groups is 1. The van der Waals surface area contributed by atoms with Crippen LogP contribution in [0.1, 0.15) is 38.5 Å². The van der Waals surface area contributed by atoms with Gasteiger partial charge in [0.05, 0.1) is 5.60 Å². The van der Waals surface area contributed by atoms with Crippen LogP contribution in [-0.2, 0) is 4.74 Å². The molecular weight excluding hydrogens is 244 g/mol. The van der Waals surface area contributed by atoms with Gasteiger partial charge in [-0.2, -0.15) is 0 Å². The third-order valence-electron chi connectivity index (χ3n) is 4.56. The highest BCUT2D eigenvalue weighted by atomic mass is 16.5. The zero-order valence-corrected chi connectivity index (χ0v) is 11.4. The second kappa shape index (κ2) is 5.29. The first-order valence-corrected chi connectivity index (χ1v) is 7.51. The van der Waals surface area contributed by atoms with Gasteiger partial charge in [0.15, 0.2) is 0 Å². The molecule has 1 heterocycles. The van der Waals surface area contributed by atoms with Gasteiger partial charge in [-0.3, -0.25) is 0 Å². The van der Waals surface area contributed by atoms with Gasteiger partial charge in [0.25, 0.3) is 0 Å². The maximum atomic E-state index is 11.9. The van der Waals surface area contributed by atoms with Gasteiger partial charge in [-0.15, -0.1) is 0 Å². The molecule has 1 saturated heterocycles. The van der Waals surface area contributed by atoms with Crippen molar-refractivity contribution in [2.75, 3.05) is 19.8 Å². The van der Waals surface area contributed by atoms with E-state index in [2.05, 4.69) is 10.6 Å². The molecule has 3 fully saturated rings. The number of rotatable bonds is 5. The molecular formula is C14H24N2O3. The van der Waals surface area contributed by atoms with Gasteiger partial charge >= 0.3 is 6.03 Å². The van der Waals surface area contributed by atoms with Crippen LogP contribution < -0.4 is 10.6 Å². The Morgan fingerprint density at radius 1 is 1.21 bits per heavy atom. The van der Waals surface area contributed by atoms with Crippen LogP contribution in [-0.4, -0.2) is 42.5 Å². The predicted molar refractivity (Wildman–Crippen MR) is 70.8 cm³/mol. The van der Waals surface area contributed by atoms with Gasteiger partial charge in [-0.25, -0.2) is 4.79 Å². The van der Waals surface area contributed by atoms with Crippen molar-refractivity contribution < 1.29 is 14.6 Å². The Hall–Kier alpha value is -0.810. The van der Waals surface area contributed by atoms with E-state index in [0.29, 0.717) is 50.5 Å². The first-order valence-electron chi connectivity index (χ1n) is 7.51. The molecule has 3 aliphatic rings. The zero-order valence-electron chi connectivity index (χ0n) is 11.4. The normalized spacial score (nSPS) is 26.2. The van der Waals surface area contributed by atoms with Gasteiger partial charge in [0.2, 0.25) is 0 Å². The lowest BCUT2D eigenvalue weighted by Gasteiger charge is -2.32. The lowest BCUT2D eigenvalue weighted by atomic mass is 9.94. The minimum absolute atomic E-state index is 0.122. The van der Waals surface area contributed by atoms with Crippen molar-refractivity contribution in [3.63, 3.8) is 0 Å². The largest absolute Gasteiger partial charge is 0.388 e. The molecule has 3 rings (SSSR count). The van der Waals surface area contributed by atoms with Crippen molar-refractivity contribution in [1.29, 1.82) is 0 Å². The molecule has 3 N–H and O–H groups in total. The zero-order chi connectivity index (χ0) is 13.3. The summed E-state index contributed by atoms with van der Waals surface area (Å²) in [4.78, 5) is 11.9. The molecule has 0 atom stereocenters. The third-order valence-corrected chi connectivity index (χ3v) is 4.56. The molecule has 0 aromatic carbocycles. The highest BCUT2D eigenvalue weighted by molar-refractivity contribution is 5.74. The lowest BCUT2D eigenvalue weighted by molar-refractivity contribution is -0.0600. The first kappa shape index (κ1) is 13.2. The van der Waals surface area contributed by atoms with Gasteiger partial charge < -0.3 is 20.5 Å². The summed E-state index contributed by atoms with van der Waals surface area (Å²) in [6.45, 7) is 1.48. The quantitative estimate of drug-likeness (QED) is 0.697. The van der Waals surface area contributed by atoms with Crippen molar-refractivity contribution in [3.05, 3.63) is 0 Å².